The zero-order chi connectivity index (χ0) is 12.8. The highest BCUT2D eigenvalue weighted by Gasteiger charge is 2.29. The summed E-state index contributed by atoms with van der Waals surface area (Å²) in [4.78, 5) is 11.6. The quantitative estimate of drug-likeness (QED) is 0.583. The molecule has 1 fully saturated rings. The molecule has 2 atom stereocenters. The molecule has 1 aromatic rings. The predicted molar refractivity (Wildman–Crippen MR) is 65.3 cm³/mol. The summed E-state index contributed by atoms with van der Waals surface area (Å²) < 4.78 is 10.5. The van der Waals surface area contributed by atoms with E-state index in [1.165, 1.54) is 0 Å². The van der Waals surface area contributed by atoms with Gasteiger partial charge in [0.25, 0.3) is 0 Å². The molecule has 1 aliphatic rings. The van der Waals surface area contributed by atoms with E-state index in [4.69, 9.17) is 9.47 Å². The number of aliphatic hydroxyl groups is 1. The van der Waals surface area contributed by atoms with E-state index in [-0.39, 0.29) is 12.6 Å². The number of nitrogens with one attached hydrogen (secondary N) is 1. The van der Waals surface area contributed by atoms with Gasteiger partial charge in [0.2, 0.25) is 0 Å². The number of esters is 1. The zero-order valence-electron chi connectivity index (χ0n) is 10.0. The minimum Gasteiger partial charge on any atom is -0.490 e. The monoisotopic (exact) mass is 251 g/mol. The van der Waals surface area contributed by atoms with Crippen molar-refractivity contribution in [3.63, 3.8) is 0 Å². The Morgan fingerprint density at radius 2 is 2.11 bits per heavy atom. The van der Waals surface area contributed by atoms with Crippen molar-refractivity contribution in [2.45, 2.75) is 18.6 Å². The van der Waals surface area contributed by atoms with Crippen LogP contribution in [0, 0.1) is 0 Å². The molecule has 0 saturated carbocycles. The van der Waals surface area contributed by atoms with Crippen LogP contribution in [0.15, 0.2) is 30.3 Å². The number of carbonyl (C=O) groups excluding carboxylic acids is 1. The third-order valence-electron chi connectivity index (χ3n) is 2.73. The van der Waals surface area contributed by atoms with Crippen LogP contribution in [0.5, 0.6) is 5.75 Å². The first kappa shape index (κ1) is 12.9. The van der Waals surface area contributed by atoms with Crippen molar-refractivity contribution in [3.05, 3.63) is 30.3 Å². The van der Waals surface area contributed by atoms with E-state index in [0.717, 1.165) is 5.75 Å². The Morgan fingerprint density at radius 1 is 1.33 bits per heavy atom. The molecule has 2 rings (SSSR count). The minimum absolute atomic E-state index is 0.210. The van der Waals surface area contributed by atoms with Gasteiger partial charge in [-0.05, 0) is 12.1 Å². The van der Waals surface area contributed by atoms with E-state index in [0.29, 0.717) is 19.6 Å². The number of rotatable bonds is 5. The lowest BCUT2D eigenvalue weighted by molar-refractivity contribution is -0.146. The molecule has 0 radical (unpaired) electrons. The summed E-state index contributed by atoms with van der Waals surface area (Å²) in [6.07, 6.45) is -0.0404. The molecule has 0 bridgehead atoms. The summed E-state index contributed by atoms with van der Waals surface area (Å²) >= 11 is 0. The van der Waals surface area contributed by atoms with E-state index >= 15 is 0 Å². The summed E-state index contributed by atoms with van der Waals surface area (Å²) in [5, 5.41) is 12.2. The number of carbonyl (C=O) groups is 1. The standard InChI is InChI=1S/C13H17NO4/c15-10-8-12(14-9-10)13(16)18-7-6-17-11-4-2-1-3-5-11/h1-5,10,12,14-15H,6-9H2/t10-,12-/m0/s1. The molecule has 0 spiro atoms. The van der Waals surface area contributed by atoms with Crippen LogP contribution in [0.4, 0.5) is 0 Å². The van der Waals surface area contributed by atoms with Crippen LogP contribution in [0.25, 0.3) is 0 Å². The SMILES string of the molecule is O=C(OCCOc1ccccc1)[C@@H]1C[C@H](O)CN1. The summed E-state index contributed by atoms with van der Waals surface area (Å²) in [5.41, 5.74) is 0. The fourth-order valence-corrected chi connectivity index (χ4v) is 1.82. The predicted octanol–water partition coefficient (Wildman–Crippen LogP) is 0.331. The second kappa shape index (κ2) is 6.37. The van der Waals surface area contributed by atoms with Crippen molar-refractivity contribution in [1.29, 1.82) is 0 Å². The summed E-state index contributed by atoms with van der Waals surface area (Å²) in [6, 6.07) is 8.96. The second-order valence-electron chi connectivity index (χ2n) is 4.18. The van der Waals surface area contributed by atoms with Crippen molar-refractivity contribution >= 4 is 5.97 Å². The van der Waals surface area contributed by atoms with Gasteiger partial charge in [-0.2, -0.15) is 0 Å². The van der Waals surface area contributed by atoms with Crippen LogP contribution in [0.3, 0.4) is 0 Å². The topological polar surface area (TPSA) is 67.8 Å². The third-order valence-corrected chi connectivity index (χ3v) is 2.73. The van der Waals surface area contributed by atoms with E-state index < -0.39 is 12.1 Å². The molecule has 1 aromatic carbocycles. The Labute approximate surface area is 106 Å². The highest BCUT2D eigenvalue weighted by molar-refractivity contribution is 5.76. The smallest absolute Gasteiger partial charge is 0.323 e. The van der Waals surface area contributed by atoms with Gasteiger partial charge in [0.15, 0.2) is 0 Å². The first-order valence-corrected chi connectivity index (χ1v) is 6.01. The molecule has 98 valence electrons. The Morgan fingerprint density at radius 3 is 2.78 bits per heavy atom. The fourth-order valence-electron chi connectivity index (χ4n) is 1.82. The Bertz CT molecular complexity index is 382. The molecule has 2 N–H and O–H groups in total. The fraction of sp³-hybridized carbons (Fsp3) is 0.462. The summed E-state index contributed by atoms with van der Waals surface area (Å²) in [6.45, 7) is 0.979. The average Bonchev–Trinajstić information content (AvgIpc) is 2.82. The van der Waals surface area contributed by atoms with Crippen LogP contribution in [0.2, 0.25) is 0 Å². The highest BCUT2D eigenvalue weighted by atomic mass is 16.6. The van der Waals surface area contributed by atoms with Crippen molar-refractivity contribution in [2.75, 3.05) is 19.8 Å². The average molecular weight is 251 g/mol. The lowest BCUT2D eigenvalue weighted by Crippen LogP contribution is -2.33. The minimum atomic E-state index is -0.455. The molecular formula is C13H17NO4. The number of β-amino-alcohol motifs (C(OH)–C–C–N with tert-alkyl or cyclic N) is 1. The van der Waals surface area contributed by atoms with Crippen molar-refractivity contribution < 1.29 is 19.4 Å². The number of hydrogen-bond acceptors (Lipinski definition) is 5. The molecule has 5 nitrogen and oxygen atoms in total. The Hall–Kier alpha value is -1.59. The van der Waals surface area contributed by atoms with Gasteiger partial charge in [-0.25, -0.2) is 0 Å². The normalized spacial score (nSPS) is 22.7. The molecule has 1 saturated heterocycles. The Kier molecular flexibility index (Phi) is 4.55. The van der Waals surface area contributed by atoms with Gasteiger partial charge in [0, 0.05) is 13.0 Å². The first-order chi connectivity index (χ1) is 8.75. The van der Waals surface area contributed by atoms with Gasteiger partial charge in [-0.3, -0.25) is 4.79 Å². The maximum Gasteiger partial charge on any atom is 0.323 e. The van der Waals surface area contributed by atoms with Crippen molar-refractivity contribution in [2.24, 2.45) is 0 Å². The third kappa shape index (κ3) is 3.72. The van der Waals surface area contributed by atoms with Crippen molar-refractivity contribution in [3.8, 4) is 5.75 Å². The van der Waals surface area contributed by atoms with Gasteiger partial charge in [0.05, 0.1) is 6.10 Å². The maximum absolute atomic E-state index is 11.6. The number of benzene rings is 1. The molecule has 0 unspecified atom stereocenters. The molecule has 0 aromatic heterocycles. The Balaban J connectivity index is 1.62. The largest absolute Gasteiger partial charge is 0.490 e. The van der Waals surface area contributed by atoms with Crippen LogP contribution in [-0.2, 0) is 9.53 Å². The van der Waals surface area contributed by atoms with E-state index in [2.05, 4.69) is 5.32 Å². The number of ether oxygens (including phenoxy) is 2. The second-order valence-corrected chi connectivity index (χ2v) is 4.18. The van der Waals surface area contributed by atoms with E-state index in [1.807, 2.05) is 30.3 Å². The zero-order valence-corrected chi connectivity index (χ0v) is 10.0. The van der Waals surface area contributed by atoms with Crippen LogP contribution in [-0.4, -0.2) is 43.0 Å². The molecule has 1 heterocycles. The molecule has 0 aliphatic carbocycles. The molecule has 5 heteroatoms. The van der Waals surface area contributed by atoms with Gasteiger partial charge in [-0.15, -0.1) is 0 Å². The lowest BCUT2D eigenvalue weighted by atomic mass is 10.2. The molecular weight excluding hydrogens is 234 g/mol. The van der Waals surface area contributed by atoms with Crippen LogP contribution < -0.4 is 10.1 Å². The van der Waals surface area contributed by atoms with Gasteiger partial charge >= 0.3 is 5.97 Å². The van der Waals surface area contributed by atoms with E-state index in [1.54, 1.807) is 0 Å². The molecule has 1 aliphatic heterocycles. The van der Waals surface area contributed by atoms with Crippen LogP contribution >= 0.6 is 0 Å². The van der Waals surface area contributed by atoms with Gasteiger partial charge < -0.3 is 19.9 Å². The summed E-state index contributed by atoms with van der Waals surface area (Å²) in [7, 11) is 0. The number of para-hydroxylation sites is 1. The molecule has 0 amide bonds. The van der Waals surface area contributed by atoms with Crippen molar-refractivity contribution in [1.82, 2.24) is 5.32 Å². The summed E-state index contributed by atoms with van der Waals surface area (Å²) in [5.74, 6) is 0.422. The van der Waals surface area contributed by atoms with Gasteiger partial charge in [0.1, 0.15) is 25.0 Å². The highest BCUT2D eigenvalue weighted by Crippen LogP contribution is 2.09. The van der Waals surface area contributed by atoms with E-state index in [9.17, 15) is 9.90 Å². The number of hydrogen-bond donors (Lipinski definition) is 2. The van der Waals surface area contributed by atoms with Crippen LogP contribution in [0.1, 0.15) is 6.42 Å². The lowest BCUT2D eigenvalue weighted by Gasteiger charge is -2.10. The first-order valence-electron chi connectivity index (χ1n) is 6.01. The van der Waals surface area contributed by atoms with Gasteiger partial charge in [-0.1, -0.05) is 18.2 Å². The maximum atomic E-state index is 11.6. The number of aliphatic hydroxyl groups excluding tert-OH is 1. The molecule has 18 heavy (non-hydrogen) atoms.